The SMILES string of the molecule is COc1cccc(CCCN2CCc3cc(OC)ccc3C2)c1. The molecule has 1 aliphatic heterocycles. The summed E-state index contributed by atoms with van der Waals surface area (Å²) in [6, 6.07) is 14.8. The summed E-state index contributed by atoms with van der Waals surface area (Å²) < 4.78 is 10.6. The number of hydrogen-bond donors (Lipinski definition) is 0. The van der Waals surface area contributed by atoms with Gasteiger partial charge in [0.2, 0.25) is 0 Å². The van der Waals surface area contributed by atoms with Gasteiger partial charge in [0, 0.05) is 13.1 Å². The van der Waals surface area contributed by atoms with E-state index in [1.165, 1.54) is 23.1 Å². The zero-order chi connectivity index (χ0) is 16.1. The van der Waals surface area contributed by atoms with Crippen LogP contribution in [0.3, 0.4) is 0 Å². The molecular weight excluding hydrogens is 286 g/mol. The summed E-state index contributed by atoms with van der Waals surface area (Å²) in [4.78, 5) is 2.55. The minimum atomic E-state index is 0.948. The quantitative estimate of drug-likeness (QED) is 0.812. The second-order valence-corrected chi connectivity index (χ2v) is 6.12. The molecule has 0 amide bonds. The highest BCUT2D eigenvalue weighted by atomic mass is 16.5. The maximum Gasteiger partial charge on any atom is 0.119 e. The molecule has 23 heavy (non-hydrogen) atoms. The Balaban J connectivity index is 1.51. The van der Waals surface area contributed by atoms with Crippen molar-refractivity contribution in [3.63, 3.8) is 0 Å². The van der Waals surface area contributed by atoms with Crippen LogP contribution in [-0.2, 0) is 19.4 Å². The van der Waals surface area contributed by atoms with Crippen LogP contribution in [0.15, 0.2) is 42.5 Å². The Labute approximate surface area is 138 Å². The molecule has 0 aromatic heterocycles. The summed E-state index contributed by atoms with van der Waals surface area (Å²) in [5.74, 6) is 1.92. The van der Waals surface area contributed by atoms with E-state index in [1.54, 1.807) is 14.2 Å². The molecule has 0 saturated carbocycles. The third-order valence-corrected chi connectivity index (χ3v) is 4.58. The van der Waals surface area contributed by atoms with E-state index >= 15 is 0 Å². The van der Waals surface area contributed by atoms with Gasteiger partial charge in [-0.05, 0) is 66.8 Å². The van der Waals surface area contributed by atoms with Gasteiger partial charge >= 0.3 is 0 Å². The number of aryl methyl sites for hydroxylation is 1. The molecule has 3 rings (SSSR count). The fourth-order valence-corrected chi connectivity index (χ4v) is 3.24. The molecule has 3 heteroatoms. The molecule has 0 radical (unpaired) electrons. The number of ether oxygens (including phenoxy) is 2. The number of nitrogens with zero attached hydrogens (tertiary/aromatic N) is 1. The van der Waals surface area contributed by atoms with E-state index in [0.717, 1.165) is 44.0 Å². The van der Waals surface area contributed by atoms with Gasteiger partial charge in [-0.15, -0.1) is 0 Å². The van der Waals surface area contributed by atoms with E-state index in [9.17, 15) is 0 Å². The van der Waals surface area contributed by atoms with Crippen molar-refractivity contribution in [2.75, 3.05) is 27.3 Å². The molecule has 0 aliphatic carbocycles. The fourth-order valence-electron chi connectivity index (χ4n) is 3.24. The molecule has 1 aliphatic rings. The smallest absolute Gasteiger partial charge is 0.119 e. The molecule has 0 atom stereocenters. The molecule has 2 aromatic carbocycles. The summed E-state index contributed by atoms with van der Waals surface area (Å²) in [5.41, 5.74) is 4.23. The van der Waals surface area contributed by atoms with Crippen molar-refractivity contribution in [1.29, 1.82) is 0 Å². The summed E-state index contributed by atoms with van der Waals surface area (Å²) in [5, 5.41) is 0. The standard InChI is InChI=1S/C20H25NO2/c1-22-19-7-3-5-16(13-19)6-4-11-21-12-10-17-14-20(23-2)9-8-18(17)15-21/h3,5,7-9,13-14H,4,6,10-12,15H2,1-2H3. The first-order valence-electron chi connectivity index (χ1n) is 8.29. The summed E-state index contributed by atoms with van der Waals surface area (Å²) >= 11 is 0. The molecule has 0 spiro atoms. The minimum Gasteiger partial charge on any atom is -0.497 e. The highest BCUT2D eigenvalue weighted by molar-refractivity contribution is 5.37. The van der Waals surface area contributed by atoms with E-state index in [-0.39, 0.29) is 0 Å². The summed E-state index contributed by atoms with van der Waals surface area (Å²) in [6.07, 6.45) is 3.40. The van der Waals surface area contributed by atoms with Crippen LogP contribution < -0.4 is 9.47 Å². The number of rotatable bonds is 6. The predicted octanol–water partition coefficient (Wildman–Crippen LogP) is 3.69. The van der Waals surface area contributed by atoms with E-state index in [2.05, 4.69) is 41.3 Å². The zero-order valence-corrected chi connectivity index (χ0v) is 14.0. The monoisotopic (exact) mass is 311 g/mol. The molecule has 0 saturated heterocycles. The van der Waals surface area contributed by atoms with Crippen molar-refractivity contribution in [3.8, 4) is 11.5 Å². The Kier molecular flexibility index (Phi) is 5.19. The van der Waals surface area contributed by atoms with Crippen LogP contribution in [0, 0.1) is 0 Å². The first-order valence-corrected chi connectivity index (χ1v) is 8.29. The minimum absolute atomic E-state index is 0.948. The van der Waals surface area contributed by atoms with Gasteiger partial charge in [-0.3, -0.25) is 4.90 Å². The van der Waals surface area contributed by atoms with E-state index in [0.29, 0.717) is 0 Å². The summed E-state index contributed by atoms with van der Waals surface area (Å²) in [6.45, 7) is 3.33. The van der Waals surface area contributed by atoms with Crippen molar-refractivity contribution in [2.24, 2.45) is 0 Å². The largest absolute Gasteiger partial charge is 0.497 e. The van der Waals surface area contributed by atoms with Crippen LogP contribution in [0.4, 0.5) is 0 Å². The van der Waals surface area contributed by atoms with Gasteiger partial charge < -0.3 is 9.47 Å². The Hall–Kier alpha value is -2.00. The molecule has 0 fully saturated rings. The Bertz CT molecular complexity index is 654. The topological polar surface area (TPSA) is 21.7 Å². The zero-order valence-electron chi connectivity index (χ0n) is 14.0. The Morgan fingerprint density at radius 2 is 1.78 bits per heavy atom. The van der Waals surface area contributed by atoms with Gasteiger partial charge in [-0.1, -0.05) is 18.2 Å². The lowest BCUT2D eigenvalue weighted by Crippen LogP contribution is -2.31. The molecule has 0 N–H and O–H groups in total. The number of fused-ring (bicyclic) bond motifs is 1. The van der Waals surface area contributed by atoms with Gasteiger partial charge in [0.25, 0.3) is 0 Å². The van der Waals surface area contributed by atoms with E-state index in [4.69, 9.17) is 9.47 Å². The van der Waals surface area contributed by atoms with Gasteiger partial charge in [-0.25, -0.2) is 0 Å². The van der Waals surface area contributed by atoms with Crippen molar-refractivity contribution in [3.05, 3.63) is 59.2 Å². The molecule has 3 nitrogen and oxygen atoms in total. The predicted molar refractivity (Wildman–Crippen MR) is 93.3 cm³/mol. The van der Waals surface area contributed by atoms with Crippen LogP contribution >= 0.6 is 0 Å². The van der Waals surface area contributed by atoms with Crippen LogP contribution in [0.25, 0.3) is 0 Å². The van der Waals surface area contributed by atoms with Crippen molar-refractivity contribution >= 4 is 0 Å². The van der Waals surface area contributed by atoms with Crippen LogP contribution in [0.5, 0.6) is 11.5 Å². The van der Waals surface area contributed by atoms with Crippen molar-refractivity contribution in [1.82, 2.24) is 4.90 Å². The second kappa shape index (κ2) is 7.51. The van der Waals surface area contributed by atoms with Crippen LogP contribution in [0.2, 0.25) is 0 Å². The maximum absolute atomic E-state index is 5.32. The van der Waals surface area contributed by atoms with Crippen LogP contribution in [0.1, 0.15) is 23.1 Å². The summed E-state index contributed by atoms with van der Waals surface area (Å²) in [7, 11) is 3.45. The van der Waals surface area contributed by atoms with Crippen LogP contribution in [-0.4, -0.2) is 32.2 Å². The average Bonchev–Trinajstić information content (AvgIpc) is 2.61. The van der Waals surface area contributed by atoms with Gasteiger partial charge in [0.15, 0.2) is 0 Å². The lowest BCUT2D eigenvalue weighted by molar-refractivity contribution is 0.251. The van der Waals surface area contributed by atoms with Crippen molar-refractivity contribution in [2.45, 2.75) is 25.8 Å². The lowest BCUT2D eigenvalue weighted by atomic mass is 9.99. The Morgan fingerprint density at radius 3 is 2.61 bits per heavy atom. The highest BCUT2D eigenvalue weighted by Gasteiger charge is 2.16. The molecule has 0 bridgehead atoms. The van der Waals surface area contributed by atoms with E-state index < -0.39 is 0 Å². The fraction of sp³-hybridized carbons (Fsp3) is 0.400. The molecule has 2 aromatic rings. The maximum atomic E-state index is 5.32. The first-order chi connectivity index (χ1) is 11.3. The molecule has 0 unspecified atom stereocenters. The first kappa shape index (κ1) is 15.9. The normalized spacial score (nSPS) is 14.3. The average molecular weight is 311 g/mol. The Morgan fingerprint density at radius 1 is 0.957 bits per heavy atom. The second-order valence-electron chi connectivity index (χ2n) is 6.12. The number of hydrogen-bond acceptors (Lipinski definition) is 3. The molecular formula is C20H25NO2. The molecule has 122 valence electrons. The van der Waals surface area contributed by atoms with Crippen molar-refractivity contribution < 1.29 is 9.47 Å². The van der Waals surface area contributed by atoms with Gasteiger partial charge in [0.1, 0.15) is 11.5 Å². The van der Waals surface area contributed by atoms with Gasteiger partial charge in [-0.2, -0.15) is 0 Å². The third-order valence-electron chi connectivity index (χ3n) is 4.58. The number of methoxy groups -OCH3 is 2. The number of benzene rings is 2. The molecule has 1 heterocycles. The van der Waals surface area contributed by atoms with Gasteiger partial charge in [0.05, 0.1) is 14.2 Å². The third kappa shape index (κ3) is 4.05. The lowest BCUT2D eigenvalue weighted by Gasteiger charge is -2.29. The van der Waals surface area contributed by atoms with E-state index in [1.807, 2.05) is 6.07 Å². The highest BCUT2D eigenvalue weighted by Crippen LogP contribution is 2.24.